The van der Waals surface area contributed by atoms with E-state index >= 15 is 0 Å². The zero-order chi connectivity index (χ0) is 22.1. The van der Waals surface area contributed by atoms with Crippen LogP contribution in [0.5, 0.6) is 0 Å². The molecule has 0 radical (unpaired) electrons. The highest BCUT2D eigenvalue weighted by molar-refractivity contribution is 7.99. The predicted molar refractivity (Wildman–Crippen MR) is 127 cm³/mol. The SMILES string of the molecule is CCn1c(SCC(=O)Nc2sc3c(c2C#N)CCCC3)nnc1C1CC1c1ccccc1. The van der Waals surface area contributed by atoms with Crippen LogP contribution in [-0.2, 0) is 24.2 Å². The summed E-state index contributed by atoms with van der Waals surface area (Å²) in [5, 5.41) is 22.9. The van der Waals surface area contributed by atoms with Crippen molar-refractivity contribution in [1.82, 2.24) is 14.8 Å². The van der Waals surface area contributed by atoms with Gasteiger partial charge in [-0.1, -0.05) is 42.1 Å². The molecule has 1 amide bonds. The van der Waals surface area contributed by atoms with Crippen molar-refractivity contribution in [2.24, 2.45) is 0 Å². The number of amides is 1. The van der Waals surface area contributed by atoms with Crippen molar-refractivity contribution in [3.63, 3.8) is 0 Å². The lowest BCUT2D eigenvalue weighted by atomic mass is 9.96. The molecule has 0 bridgehead atoms. The van der Waals surface area contributed by atoms with Gasteiger partial charge in [-0.3, -0.25) is 4.79 Å². The summed E-state index contributed by atoms with van der Waals surface area (Å²) in [7, 11) is 0. The Hall–Kier alpha value is -2.63. The summed E-state index contributed by atoms with van der Waals surface area (Å²) < 4.78 is 2.14. The fraction of sp³-hybridized carbons (Fsp3) is 0.417. The Balaban J connectivity index is 1.24. The molecular weight excluding hydrogens is 438 g/mol. The molecule has 8 heteroatoms. The summed E-state index contributed by atoms with van der Waals surface area (Å²) in [6, 6.07) is 12.9. The van der Waals surface area contributed by atoms with E-state index in [2.05, 4.69) is 57.3 Å². The van der Waals surface area contributed by atoms with Crippen LogP contribution in [0.15, 0.2) is 35.5 Å². The first-order valence-corrected chi connectivity index (χ1v) is 12.9. The summed E-state index contributed by atoms with van der Waals surface area (Å²) >= 11 is 2.97. The van der Waals surface area contributed by atoms with Crippen LogP contribution in [0.3, 0.4) is 0 Å². The number of aromatic nitrogens is 3. The number of fused-ring (bicyclic) bond motifs is 1. The van der Waals surface area contributed by atoms with Crippen molar-refractivity contribution >= 4 is 34.0 Å². The average molecular weight is 464 g/mol. The number of carbonyl (C=O) groups excluding carboxylic acids is 1. The molecule has 2 unspecified atom stereocenters. The molecule has 5 rings (SSSR count). The summed E-state index contributed by atoms with van der Waals surface area (Å²) in [6.07, 6.45) is 5.30. The van der Waals surface area contributed by atoms with E-state index in [1.165, 1.54) is 22.2 Å². The van der Waals surface area contributed by atoms with Gasteiger partial charge in [0.05, 0.1) is 11.3 Å². The van der Waals surface area contributed by atoms with Gasteiger partial charge in [-0.15, -0.1) is 21.5 Å². The summed E-state index contributed by atoms with van der Waals surface area (Å²) in [4.78, 5) is 13.9. The summed E-state index contributed by atoms with van der Waals surface area (Å²) in [5.74, 6) is 2.05. The van der Waals surface area contributed by atoms with Gasteiger partial charge in [-0.2, -0.15) is 5.26 Å². The van der Waals surface area contributed by atoms with Gasteiger partial charge in [-0.25, -0.2) is 0 Å². The zero-order valence-corrected chi connectivity index (χ0v) is 19.6. The molecule has 32 heavy (non-hydrogen) atoms. The first-order valence-electron chi connectivity index (χ1n) is 11.1. The molecular formula is C24H25N5OS2. The third-order valence-corrected chi connectivity index (χ3v) is 8.45. The van der Waals surface area contributed by atoms with Gasteiger partial charge in [-0.05, 0) is 56.1 Å². The Morgan fingerprint density at radius 1 is 1.25 bits per heavy atom. The molecule has 2 atom stereocenters. The minimum Gasteiger partial charge on any atom is -0.316 e. The standard InChI is InChI=1S/C24H25N5OS2/c1-2-29-22(18-12-17(18)15-8-4-3-5-9-15)27-28-24(29)31-14-21(30)26-23-19(13-25)16-10-6-7-11-20(16)32-23/h3-5,8-9,17-18H,2,6-7,10-12,14H2,1H3,(H,26,30). The van der Waals surface area contributed by atoms with Crippen LogP contribution in [0.4, 0.5) is 5.00 Å². The van der Waals surface area contributed by atoms with Crippen molar-refractivity contribution < 1.29 is 4.79 Å². The maximum absolute atomic E-state index is 12.7. The number of hydrogen-bond donors (Lipinski definition) is 1. The highest BCUT2D eigenvalue weighted by Gasteiger charge is 2.43. The molecule has 2 aliphatic carbocycles. The molecule has 1 fully saturated rings. The molecule has 0 spiro atoms. The summed E-state index contributed by atoms with van der Waals surface area (Å²) in [6.45, 7) is 2.87. The minimum atomic E-state index is -0.106. The molecule has 2 aliphatic rings. The van der Waals surface area contributed by atoms with Crippen LogP contribution in [0.1, 0.15) is 65.4 Å². The Kier molecular flexibility index (Phi) is 6.03. The van der Waals surface area contributed by atoms with Gasteiger partial charge in [0.2, 0.25) is 5.91 Å². The molecule has 1 saturated carbocycles. The van der Waals surface area contributed by atoms with Crippen LogP contribution in [0, 0.1) is 11.3 Å². The maximum atomic E-state index is 12.7. The Labute approximate surface area is 196 Å². The number of thiophene rings is 1. The van der Waals surface area contributed by atoms with Crippen LogP contribution in [0.25, 0.3) is 0 Å². The number of carbonyl (C=O) groups is 1. The topological polar surface area (TPSA) is 83.6 Å². The van der Waals surface area contributed by atoms with Crippen LogP contribution < -0.4 is 5.32 Å². The molecule has 164 valence electrons. The second kappa shape index (κ2) is 9.08. The molecule has 1 aromatic carbocycles. The number of anilines is 1. The highest BCUT2D eigenvalue weighted by Crippen LogP contribution is 2.54. The molecule has 1 N–H and O–H groups in total. The Morgan fingerprint density at radius 3 is 2.84 bits per heavy atom. The Morgan fingerprint density at radius 2 is 2.06 bits per heavy atom. The average Bonchev–Trinajstić information content (AvgIpc) is 3.38. The number of rotatable bonds is 7. The molecule has 2 heterocycles. The number of nitrogens with one attached hydrogen (secondary N) is 1. The van der Waals surface area contributed by atoms with E-state index < -0.39 is 0 Å². The number of hydrogen-bond acceptors (Lipinski definition) is 6. The lowest BCUT2D eigenvalue weighted by Crippen LogP contribution is -2.14. The first kappa shape index (κ1) is 21.2. The fourth-order valence-corrected chi connectivity index (χ4v) is 6.66. The number of aryl methyl sites for hydroxylation is 1. The molecule has 2 aromatic heterocycles. The second-order valence-electron chi connectivity index (χ2n) is 8.31. The monoisotopic (exact) mass is 463 g/mol. The van der Waals surface area contributed by atoms with Gasteiger partial charge >= 0.3 is 0 Å². The van der Waals surface area contributed by atoms with Crippen LogP contribution in [-0.4, -0.2) is 26.4 Å². The number of nitriles is 1. The van der Waals surface area contributed by atoms with E-state index in [0.717, 1.165) is 55.2 Å². The van der Waals surface area contributed by atoms with Gasteiger partial charge in [0.15, 0.2) is 5.16 Å². The smallest absolute Gasteiger partial charge is 0.235 e. The molecule has 0 aliphatic heterocycles. The zero-order valence-electron chi connectivity index (χ0n) is 18.0. The highest BCUT2D eigenvalue weighted by atomic mass is 32.2. The lowest BCUT2D eigenvalue weighted by molar-refractivity contribution is -0.113. The van der Waals surface area contributed by atoms with Crippen LogP contribution >= 0.6 is 23.1 Å². The van der Waals surface area contributed by atoms with E-state index in [1.54, 1.807) is 11.3 Å². The van der Waals surface area contributed by atoms with Gasteiger partial charge < -0.3 is 9.88 Å². The van der Waals surface area contributed by atoms with E-state index in [1.807, 2.05) is 6.07 Å². The van der Waals surface area contributed by atoms with Crippen molar-refractivity contribution in [1.29, 1.82) is 5.26 Å². The third kappa shape index (κ3) is 4.07. The molecule has 3 aromatic rings. The van der Waals surface area contributed by atoms with Crippen LogP contribution in [0.2, 0.25) is 0 Å². The van der Waals surface area contributed by atoms with E-state index in [-0.39, 0.29) is 11.7 Å². The lowest BCUT2D eigenvalue weighted by Gasteiger charge is -2.09. The molecule has 0 saturated heterocycles. The summed E-state index contributed by atoms with van der Waals surface area (Å²) in [5.41, 5.74) is 3.14. The quantitative estimate of drug-likeness (QED) is 0.492. The number of nitrogens with zero attached hydrogens (tertiary/aromatic N) is 4. The van der Waals surface area contributed by atoms with E-state index in [9.17, 15) is 10.1 Å². The van der Waals surface area contributed by atoms with Gasteiger partial charge in [0.25, 0.3) is 0 Å². The minimum absolute atomic E-state index is 0.106. The third-order valence-electron chi connectivity index (χ3n) is 6.28. The number of benzene rings is 1. The second-order valence-corrected chi connectivity index (χ2v) is 10.4. The fourth-order valence-electron chi connectivity index (χ4n) is 4.59. The maximum Gasteiger partial charge on any atom is 0.235 e. The number of thioether (sulfide) groups is 1. The normalized spacial score (nSPS) is 19.2. The van der Waals surface area contributed by atoms with E-state index in [0.29, 0.717) is 22.4 Å². The first-order chi connectivity index (χ1) is 15.7. The van der Waals surface area contributed by atoms with Gasteiger partial charge in [0.1, 0.15) is 16.9 Å². The Bertz CT molecular complexity index is 1180. The van der Waals surface area contributed by atoms with Crippen molar-refractivity contribution in [3.05, 3.63) is 57.7 Å². The molecule has 6 nitrogen and oxygen atoms in total. The van der Waals surface area contributed by atoms with Gasteiger partial charge in [0, 0.05) is 17.3 Å². The largest absolute Gasteiger partial charge is 0.316 e. The van der Waals surface area contributed by atoms with E-state index in [4.69, 9.17) is 0 Å². The van der Waals surface area contributed by atoms with Crippen molar-refractivity contribution in [2.75, 3.05) is 11.1 Å². The predicted octanol–water partition coefficient (Wildman–Crippen LogP) is 5.11. The van der Waals surface area contributed by atoms with Crippen molar-refractivity contribution in [2.45, 2.75) is 62.6 Å². The van der Waals surface area contributed by atoms with Crippen molar-refractivity contribution in [3.8, 4) is 6.07 Å².